The van der Waals surface area contributed by atoms with Gasteiger partial charge in [-0.15, -0.1) is 0 Å². The van der Waals surface area contributed by atoms with Gasteiger partial charge >= 0.3 is 0 Å². The van der Waals surface area contributed by atoms with Gasteiger partial charge < -0.3 is 9.26 Å². The van der Waals surface area contributed by atoms with Crippen molar-refractivity contribution in [3.8, 4) is 17.0 Å². The maximum atomic E-state index is 13.2. The van der Waals surface area contributed by atoms with Crippen molar-refractivity contribution < 1.29 is 22.1 Å². The van der Waals surface area contributed by atoms with Gasteiger partial charge in [0.05, 0.1) is 17.7 Å². The number of nitrogens with one attached hydrogen (secondary N) is 1. The lowest BCUT2D eigenvalue weighted by molar-refractivity contribution is 0.413. The molecule has 0 unspecified atom stereocenters. The number of ether oxygens (including phenoxy) is 1. The highest BCUT2D eigenvalue weighted by molar-refractivity contribution is 7.92. The molecular formula is C20H15ClFN3O4S. The predicted octanol–water partition coefficient (Wildman–Crippen LogP) is 4.82. The van der Waals surface area contributed by atoms with Gasteiger partial charge in [0.15, 0.2) is 5.82 Å². The molecule has 0 radical (unpaired) electrons. The molecule has 154 valence electrons. The second-order valence-electron chi connectivity index (χ2n) is 6.31. The summed E-state index contributed by atoms with van der Waals surface area (Å²) >= 11 is 6.19. The third-order valence-electron chi connectivity index (χ3n) is 4.49. The summed E-state index contributed by atoms with van der Waals surface area (Å²) in [4.78, 5) is 4.46. The Balaban J connectivity index is 1.82. The second kappa shape index (κ2) is 7.92. The number of alkyl halides is 1. The quantitative estimate of drug-likeness (QED) is 0.455. The van der Waals surface area contributed by atoms with Crippen LogP contribution >= 0.6 is 11.6 Å². The summed E-state index contributed by atoms with van der Waals surface area (Å²) in [6.07, 6.45) is 2.82. The van der Waals surface area contributed by atoms with Crippen LogP contribution < -0.4 is 9.46 Å². The van der Waals surface area contributed by atoms with E-state index in [1.165, 1.54) is 37.6 Å². The molecule has 4 aromatic rings. The van der Waals surface area contributed by atoms with Crippen molar-refractivity contribution in [2.24, 2.45) is 0 Å². The van der Waals surface area contributed by atoms with Gasteiger partial charge in [-0.25, -0.2) is 12.8 Å². The third-order valence-corrected chi connectivity index (χ3v) is 6.19. The first-order chi connectivity index (χ1) is 14.4. The van der Waals surface area contributed by atoms with Crippen LogP contribution in [-0.4, -0.2) is 25.7 Å². The third kappa shape index (κ3) is 3.69. The molecule has 0 saturated carbocycles. The molecule has 30 heavy (non-hydrogen) atoms. The Hall–Kier alpha value is -3.17. The molecular weight excluding hydrogens is 433 g/mol. The zero-order valence-corrected chi connectivity index (χ0v) is 17.2. The molecule has 2 aromatic carbocycles. The van der Waals surface area contributed by atoms with Crippen molar-refractivity contribution in [3.05, 3.63) is 65.5 Å². The molecule has 4 rings (SSSR count). The molecule has 1 N–H and O–H groups in total. The van der Waals surface area contributed by atoms with E-state index in [-0.39, 0.29) is 15.7 Å². The van der Waals surface area contributed by atoms with Gasteiger partial charge in [-0.2, -0.15) is 0 Å². The van der Waals surface area contributed by atoms with Crippen LogP contribution in [0.5, 0.6) is 5.75 Å². The Kier molecular flexibility index (Phi) is 5.31. The highest BCUT2D eigenvalue weighted by atomic mass is 35.5. The molecule has 0 aliphatic rings. The van der Waals surface area contributed by atoms with Crippen molar-refractivity contribution in [3.63, 3.8) is 0 Å². The number of halogens is 2. The van der Waals surface area contributed by atoms with Crippen molar-refractivity contribution in [2.45, 2.75) is 11.6 Å². The monoisotopic (exact) mass is 447 g/mol. The van der Waals surface area contributed by atoms with Gasteiger partial charge in [-0.1, -0.05) is 22.8 Å². The number of pyridine rings is 1. The molecule has 0 aliphatic heterocycles. The van der Waals surface area contributed by atoms with Crippen LogP contribution in [0.15, 0.2) is 64.3 Å². The van der Waals surface area contributed by atoms with Crippen molar-refractivity contribution in [1.82, 2.24) is 10.1 Å². The first kappa shape index (κ1) is 20.1. The molecule has 0 fully saturated rings. The standard InChI is InChI=1S/C20H15ClFN3O4S/c1-28-18-9-13(11-22)17(21)10-16(18)20-15-3-2-14(8-12(15)4-6-23-20)30(26,27)25-19-5-7-29-24-19/h2-10H,11H2,1H3,(H,24,25). The van der Waals surface area contributed by atoms with E-state index in [1.54, 1.807) is 24.4 Å². The highest BCUT2D eigenvalue weighted by Crippen LogP contribution is 2.38. The van der Waals surface area contributed by atoms with Gasteiger partial charge in [0.1, 0.15) is 18.7 Å². The van der Waals surface area contributed by atoms with Crippen LogP contribution in [0.4, 0.5) is 10.2 Å². The minimum absolute atomic E-state index is 0.0490. The second-order valence-corrected chi connectivity index (χ2v) is 8.40. The molecule has 0 saturated heterocycles. The summed E-state index contributed by atoms with van der Waals surface area (Å²) in [5, 5.41) is 5.12. The van der Waals surface area contributed by atoms with Crippen LogP contribution in [0.1, 0.15) is 5.56 Å². The first-order valence-electron chi connectivity index (χ1n) is 8.67. The van der Waals surface area contributed by atoms with E-state index < -0.39 is 16.7 Å². The normalized spacial score (nSPS) is 11.6. The number of hydrogen-bond acceptors (Lipinski definition) is 6. The lowest BCUT2D eigenvalue weighted by atomic mass is 10.0. The lowest BCUT2D eigenvalue weighted by Crippen LogP contribution is -2.13. The molecule has 0 aliphatic carbocycles. The number of benzene rings is 2. The summed E-state index contributed by atoms with van der Waals surface area (Å²) in [5.74, 6) is 0.495. The van der Waals surface area contributed by atoms with Gasteiger partial charge in [0.25, 0.3) is 10.0 Å². The molecule has 2 aromatic heterocycles. The molecule has 10 heteroatoms. The van der Waals surface area contributed by atoms with Crippen molar-refractivity contribution in [2.75, 3.05) is 11.8 Å². The summed E-state index contributed by atoms with van der Waals surface area (Å²) in [7, 11) is -2.39. The van der Waals surface area contributed by atoms with Crippen LogP contribution in [0.25, 0.3) is 22.0 Å². The maximum Gasteiger partial charge on any atom is 0.263 e. The average molecular weight is 448 g/mol. The number of sulfonamides is 1. The van der Waals surface area contributed by atoms with Crippen molar-refractivity contribution in [1.29, 1.82) is 0 Å². The van der Waals surface area contributed by atoms with Crippen LogP contribution in [0.3, 0.4) is 0 Å². The minimum atomic E-state index is -3.86. The zero-order chi connectivity index (χ0) is 21.3. The Morgan fingerprint density at radius 3 is 2.73 bits per heavy atom. The molecule has 7 nitrogen and oxygen atoms in total. The van der Waals surface area contributed by atoms with Crippen molar-refractivity contribution >= 4 is 38.2 Å². The predicted molar refractivity (Wildman–Crippen MR) is 111 cm³/mol. The number of hydrogen-bond donors (Lipinski definition) is 1. The van der Waals surface area contributed by atoms with Gasteiger partial charge in [-0.05, 0) is 35.7 Å². The van der Waals surface area contributed by atoms with Gasteiger partial charge in [0, 0.05) is 33.8 Å². The Morgan fingerprint density at radius 2 is 2.03 bits per heavy atom. The molecule has 2 heterocycles. The largest absolute Gasteiger partial charge is 0.496 e. The summed E-state index contributed by atoms with van der Waals surface area (Å²) in [5.41, 5.74) is 1.41. The molecule has 0 bridgehead atoms. The minimum Gasteiger partial charge on any atom is -0.496 e. The molecule has 0 atom stereocenters. The molecule has 0 amide bonds. The maximum absolute atomic E-state index is 13.2. The van der Waals surface area contributed by atoms with E-state index in [0.29, 0.717) is 33.3 Å². The number of nitrogens with zero attached hydrogens (tertiary/aromatic N) is 2. The van der Waals surface area contributed by atoms with E-state index in [0.717, 1.165) is 0 Å². The summed E-state index contributed by atoms with van der Waals surface area (Å²) in [6, 6.07) is 10.8. The Labute approximate surface area is 176 Å². The number of anilines is 1. The first-order valence-corrected chi connectivity index (χ1v) is 10.5. The number of methoxy groups -OCH3 is 1. The number of rotatable bonds is 6. The smallest absolute Gasteiger partial charge is 0.263 e. The van der Waals surface area contributed by atoms with Gasteiger partial charge in [0.2, 0.25) is 0 Å². The average Bonchev–Trinajstić information content (AvgIpc) is 3.25. The van der Waals surface area contributed by atoms with E-state index in [1.807, 2.05) is 0 Å². The topological polar surface area (TPSA) is 94.3 Å². The fourth-order valence-corrected chi connectivity index (χ4v) is 4.29. The van der Waals surface area contributed by atoms with E-state index >= 15 is 0 Å². The molecule has 0 spiro atoms. The zero-order valence-electron chi connectivity index (χ0n) is 15.6. The van der Waals surface area contributed by atoms with Crippen LogP contribution in [0.2, 0.25) is 5.02 Å². The van der Waals surface area contributed by atoms with Gasteiger partial charge in [-0.3, -0.25) is 9.71 Å². The highest BCUT2D eigenvalue weighted by Gasteiger charge is 2.19. The van der Waals surface area contributed by atoms with E-state index in [4.69, 9.17) is 16.3 Å². The fourth-order valence-electron chi connectivity index (χ4n) is 3.05. The number of aromatic nitrogens is 2. The fraction of sp³-hybridized carbons (Fsp3) is 0.100. The summed E-state index contributed by atoms with van der Waals surface area (Å²) < 4.78 is 50.8. The summed E-state index contributed by atoms with van der Waals surface area (Å²) in [6.45, 7) is -0.724. The lowest BCUT2D eigenvalue weighted by Gasteiger charge is -2.13. The van der Waals surface area contributed by atoms with Crippen LogP contribution in [0, 0.1) is 0 Å². The number of fused-ring (bicyclic) bond motifs is 1. The SMILES string of the molecule is COc1cc(CF)c(Cl)cc1-c1nccc2cc(S(=O)(=O)Nc3ccon3)ccc12. The van der Waals surface area contributed by atoms with Crippen LogP contribution in [-0.2, 0) is 16.7 Å². The Bertz CT molecular complexity index is 1330. The van der Waals surface area contributed by atoms with E-state index in [2.05, 4.69) is 19.4 Å². The Morgan fingerprint density at radius 1 is 1.20 bits per heavy atom. The van der Waals surface area contributed by atoms with E-state index in [9.17, 15) is 12.8 Å².